The molecule has 166 valence electrons. The number of carboxylic acids is 1. The Hall–Kier alpha value is -3.59. The van der Waals surface area contributed by atoms with E-state index >= 15 is 0 Å². The summed E-state index contributed by atoms with van der Waals surface area (Å²) in [7, 11) is 1.53. The molecule has 0 aromatic heterocycles. The average molecular weight is 430 g/mol. The number of methoxy groups -OCH3 is 1. The molecule has 0 fully saturated rings. The van der Waals surface area contributed by atoms with Crippen LogP contribution in [0.1, 0.15) is 17.5 Å². The van der Waals surface area contributed by atoms with Crippen molar-refractivity contribution in [1.29, 1.82) is 0 Å². The Morgan fingerprint density at radius 2 is 1.68 bits per heavy atom. The smallest absolute Gasteiger partial charge is 0.407 e. The van der Waals surface area contributed by atoms with Crippen molar-refractivity contribution in [3.63, 3.8) is 0 Å². The largest absolute Gasteiger partial charge is 0.497 e. The van der Waals surface area contributed by atoms with Crippen LogP contribution in [0.15, 0.2) is 54.6 Å². The van der Waals surface area contributed by atoms with Gasteiger partial charge >= 0.3 is 12.1 Å². The van der Waals surface area contributed by atoms with Gasteiger partial charge in [0.15, 0.2) is 0 Å². The minimum Gasteiger partial charge on any atom is -0.497 e. The number of aliphatic hydroxyl groups is 1. The molecule has 4 N–H and O–H groups in total. The fourth-order valence-electron chi connectivity index (χ4n) is 2.71. The number of aliphatic hydroxyl groups excluding tert-OH is 1. The first-order valence-corrected chi connectivity index (χ1v) is 9.65. The number of benzene rings is 2. The number of nitrogens with one attached hydrogen (secondary N) is 2. The molecule has 31 heavy (non-hydrogen) atoms. The van der Waals surface area contributed by atoms with Crippen LogP contribution in [-0.4, -0.2) is 54.0 Å². The van der Waals surface area contributed by atoms with Gasteiger partial charge < -0.3 is 30.3 Å². The van der Waals surface area contributed by atoms with E-state index in [9.17, 15) is 24.6 Å². The summed E-state index contributed by atoms with van der Waals surface area (Å²) >= 11 is 0. The van der Waals surface area contributed by atoms with Crippen molar-refractivity contribution in [1.82, 2.24) is 10.6 Å². The highest BCUT2D eigenvalue weighted by molar-refractivity contribution is 5.84. The summed E-state index contributed by atoms with van der Waals surface area (Å²) in [4.78, 5) is 35.3. The number of ether oxygens (including phenoxy) is 2. The molecule has 0 aliphatic carbocycles. The number of amides is 2. The quantitative estimate of drug-likeness (QED) is 0.424. The van der Waals surface area contributed by atoms with Crippen LogP contribution in [0, 0.1) is 0 Å². The first kappa shape index (κ1) is 23.7. The highest BCUT2D eigenvalue weighted by Gasteiger charge is 2.22. The highest BCUT2D eigenvalue weighted by Crippen LogP contribution is 2.13. The van der Waals surface area contributed by atoms with Gasteiger partial charge in [0.05, 0.1) is 19.6 Å². The van der Waals surface area contributed by atoms with Gasteiger partial charge in [-0.2, -0.15) is 0 Å². The zero-order chi connectivity index (χ0) is 22.6. The first-order chi connectivity index (χ1) is 14.9. The Balaban J connectivity index is 1.74. The predicted octanol–water partition coefficient (Wildman–Crippen LogP) is 1.48. The summed E-state index contributed by atoms with van der Waals surface area (Å²) in [6.45, 7) is -0.133. The number of carbonyl (C=O) groups excluding carboxylic acids is 2. The summed E-state index contributed by atoms with van der Waals surface area (Å²) in [6.07, 6.45) is -2.22. The zero-order valence-corrected chi connectivity index (χ0v) is 17.1. The van der Waals surface area contributed by atoms with Crippen LogP contribution in [0.2, 0.25) is 0 Å². The molecule has 0 bridgehead atoms. The summed E-state index contributed by atoms with van der Waals surface area (Å²) in [5.74, 6) is -1.20. The molecule has 9 nitrogen and oxygen atoms in total. The molecule has 2 amide bonds. The summed E-state index contributed by atoms with van der Waals surface area (Å²) < 4.78 is 10.1. The van der Waals surface area contributed by atoms with Gasteiger partial charge in [-0.15, -0.1) is 0 Å². The number of aliphatic carboxylic acids is 1. The molecule has 0 heterocycles. The maximum Gasteiger partial charge on any atom is 0.407 e. The third-order valence-electron chi connectivity index (χ3n) is 4.35. The molecule has 0 saturated carbocycles. The van der Waals surface area contributed by atoms with Crippen LogP contribution in [0.4, 0.5) is 4.79 Å². The number of carbonyl (C=O) groups is 3. The standard InChI is InChI=1S/C22H26N2O7/c1-30-18-9-7-15(8-10-18)11-19(21(27)28)24-20(26)12-17(25)13-23-22(29)31-14-16-5-3-2-4-6-16/h2-10,17,19,25H,11-14H2,1H3,(H,23,29)(H,24,26)(H,27,28)/t17-,19+/m1/s1. The second kappa shape index (κ2) is 12.2. The Morgan fingerprint density at radius 1 is 1.00 bits per heavy atom. The van der Waals surface area contributed by atoms with Gasteiger partial charge in [-0.3, -0.25) is 4.79 Å². The van der Waals surface area contributed by atoms with Gasteiger partial charge in [-0.1, -0.05) is 42.5 Å². The molecule has 2 aromatic carbocycles. The highest BCUT2D eigenvalue weighted by atomic mass is 16.5. The van der Waals surface area contributed by atoms with E-state index in [2.05, 4.69) is 10.6 Å². The lowest BCUT2D eigenvalue weighted by Crippen LogP contribution is -2.44. The Bertz CT molecular complexity index is 856. The molecule has 2 atom stereocenters. The van der Waals surface area contributed by atoms with Crippen molar-refractivity contribution >= 4 is 18.0 Å². The molecule has 2 rings (SSSR count). The molecule has 9 heteroatoms. The van der Waals surface area contributed by atoms with Crippen molar-refractivity contribution in [2.75, 3.05) is 13.7 Å². The van der Waals surface area contributed by atoms with Crippen molar-refractivity contribution in [3.05, 3.63) is 65.7 Å². The monoisotopic (exact) mass is 430 g/mol. The van der Waals surface area contributed by atoms with Crippen LogP contribution in [-0.2, 0) is 27.4 Å². The third kappa shape index (κ3) is 8.75. The molecule has 0 aliphatic heterocycles. The Labute approximate surface area is 180 Å². The van der Waals surface area contributed by atoms with Crippen molar-refractivity contribution in [2.45, 2.75) is 31.6 Å². The van der Waals surface area contributed by atoms with Crippen molar-refractivity contribution < 1.29 is 34.1 Å². The number of alkyl carbamates (subject to hydrolysis) is 1. The number of hydrogen-bond donors (Lipinski definition) is 4. The van der Waals surface area contributed by atoms with Gasteiger partial charge in [0.1, 0.15) is 18.4 Å². The molecule has 0 unspecified atom stereocenters. The van der Waals surface area contributed by atoms with E-state index in [-0.39, 0.29) is 26.0 Å². The van der Waals surface area contributed by atoms with Gasteiger partial charge in [-0.05, 0) is 23.3 Å². The molecule has 0 radical (unpaired) electrons. The van der Waals surface area contributed by atoms with Crippen molar-refractivity contribution in [3.8, 4) is 5.75 Å². The van der Waals surface area contributed by atoms with Gasteiger partial charge in [-0.25, -0.2) is 9.59 Å². The zero-order valence-electron chi connectivity index (χ0n) is 17.1. The van der Waals surface area contributed by atoms with Crippen LogP contribution in [0.3, 0.4) is 0 Å². The van der Waals surface area contributed by atoms with E-state index < -0.39 is 30.1 Å². The van der Waals surface area contributed by atoms with Crippen LogP contribution in [0.5, 0.6) is 5.75 Å². The minimum absolute atomic E-state index is 0.0746. The number of carboxylic acid groups (broad SMARTS) is 1. The van der Waals surface area contributed by atoms with E-state index in [0.29, 0.717) is 11.3 Å². The maximum absolute atomic E-state index is 12.1. The fourth-order valence-corrected chi connectivity index (χ4v) is 2.71. The SMILES string of the molecule is COc1ccc(C[C@H](NC(=O)C[C@@H](O)CNC(=O)OCc2ccccc2)C(=O)O)cc1. The topological polar surface area (TPSA) is 134 Å². The van der Waals surface area contributed by atoms with Crippen molar-refractivity contribution in [2.24, 2.45) is 0 Å². The number of rotatable bonds is 11. The van der Waals surface area contributed by atoms with Crippen LogP contribution < -0.4 is 15.4 Å². The Kier molecular flexibility index (Phi) is 9.31. The molecule has 0 aliphatic rings. The summed E-state index contributed by atoms with van der Waals surface area (Å²) in [6, 6.07) is 14.7. The first-order valence-electron chi connectivity index (χ1n) is 9.65. The summed E-state index contributed by atoms with van der Waals surface area (Å²) in [5.41, 5.74) is 1.52. The van der Waals surface area contributed by atoms with Gasteiger partial charge in [0.2, 0.25) is 5.91 Å². The lowest BCUT2D eigenvalue weighted by atomic mass is 10.1. The second-order valence-corrected chi connectivity index (χ2v) is 6.81. The molecule has 0 spiro atoms. The van der Waals surface area contributed by atoms with E-state index in [4.69, 9.17) is 9.47 Å². The maximum atomic E-state index is 12.1. The number of hydrogen-bond acceptors (Lipinski definition) is 6. The molecule has 2 aromatic rings. The fraction of sp³-hybridized carbons (Fsp3) is 0.318. The predicted molar refractivity (Wildman–Crippen MR) is 112 cm³/mol. The van der Waals surface area contributed by atoms with Crippen LogP contribution >= 0.6 is 0 Å². The van der Waals surface area contributed by atoms with E-state index in [1.165, 1.54) is 7.11 Å². The summed E-state index contributed by atoms with van der Waals surface area (Å²) in [5, 5.41) is 24.1. The average Bonchev–Trinajstić information content (AvgIpc) is 2.77. The molecule has 0 saturated heterocycles. The normalized spacial score (nSPS) is 12.3. The minimum atomic E-state index is -1.19. The lowest BCUT2D eigenvalue weighted by molar-refractivity contribution is -0.142. The molecular weight excluding hydrogens is 404 g/mol. The second-order valence-electron chi connectivity index (χ2n) is 6.81. The molecular formula is C22H26N2O7. The van der Waals surface area contributed by atoms with Gasteiger partial charge in [0, 0.05) is 13.0 Å². The van der Waals surface area contributed by atoms with Crippen LogP contribution in [0.25, 0.3) is 0 Å². The lowest BCUT2D eigenvalue weighted by Gasteiger charge is -2.17. The van der Waals surface area contributed by atoms with E-state index in [1.807, 2.05) is 18.2 Å². The van der Waals surface area contributed by atoms with Gasteiger partial charge in [0.25, 0.3) is 0 Å². The van der Waals surface area contributed by atoms with E-state index in [1.54, 1.807) is 36.4 Å². The third-order valence-corrected chi connectivity index (χ3v) is 4.35. The Morgan fingerprint density at radius 3 is 2.29 bits per heavy atom. The van der Waals surface area contributed by atoms with E-state index in [0.717, 1.165) is 5.56 Å².